The number of nitro benzene ring substituents is 1. The van der Waals surface area contributed by atoms with Gasteiger partial charge < -0.3 is 10.2 Å². The Morgan fingerprint density at radius 3 is 2.42 bits per heavy atom. The van der Waals surface area contributed by atoms with E-state index in [2.05, 4.69) is 5.32 Å². The van der Waals surface area contributed by atoms with Crippen LogP contribution in [0.2, 0.25) is 0 Å². The molecule has 0 atom stereocenters. The van der Waals surface area contributed by atoms with Gasteiger partial charge in [0.1, 0.15) is 0 Å². The molecule has 0 bridgehead atoms. The van der Waals surface area contributed by atoms with Gasteiger partial charge in [-0.3, -0.25) is 24.6 Å². The molecule has 2 rings (SSSR count). The van der Waals surface area contributed by atoms with Crippen molar-refractivity contribution in [1.29, 1.82) is 0 Å². The van der Waals surface area contributed by atoms with Crippen LogP contribution < -0.4 is 5.32 Å². The van der Waals surface area contributed by atoms with Gasteiger partial charge in [-0.1, -0.05) is 6.92 Å². The van der Waals surface area contributed by atoms with Crippen LogP contribution in [0, 0.1) is 10.1 Å². The Morgan fingerprint density at radius 2 is 1.85 bits per heavy atom. The summed E-state index contributed by atoms with van der Waals surface area (Å²) in [6.45, 7) is 5.53. The van der Waals surface area contributed by atoms with Crippen LogP contribution in [-0.4, -0.2) is 65.8 Å². The first-order chi connectivity index (χ1) is 12.5. The van der Waals surface area contributed by atoms with E-state index in [1.54, 1.807) is 23.1 Å². The van der Waals surface area contributed by atoms with Gasteiger partial charge in [-0.2, -0.15) is 0 Å². The van der Waals surface area contributed by atoms with Crippen molar-refractivity contribution in [1.82, 2.24) is 15.1 Å². The van der Waals surface area contributed by atoms with Crippen molar-refractivity contribution in [2.45, 2.75) is 13.3 Å². The first-order valence-electron chi connectivity index (χ1n) is 8.70. The predicted octanol–water partition coefficient (Wildman–Crippen LogP) is 1.28. The van der Waals surface area contributed by atoms with E-state index in [9.17, 15) is 19.7 Å². The minimum atomic E-state index is -0.458. The summed E-state index contributed by atoms with van der Waals surface area (Å²) >= 11 is 0. The van der Waals surface area contributed by atoms with E-state index < -0.39 is 4.92 Å². The monoisotopic (exact) mass is 360 g/mol. The molecule has 8 heteroatoms. The quantitative estimate of drug-likeness (QED) is 0.449. The molecule has 8 nitrogen and oxygen atoms in total. The molecule has 0 spiro atoms. The maximum Gasteiger partial charge on any atom is 0.269 e. The summed E-state index contributed by atoms with van der Waals surface area (Å²) in [6.07, 6.45) is 4.04. The maximum absolute atomic E-state index is 12.2. The minimum absolute atomic E-state index is 0.0182. The van der Waals surface area contributed by atoms with Crippen molar-refractivity contribution in [2.75, 3.05) is 39.3 Å². The van der Waals surface area contributed by atoms with E-state index >= 15 is 0 Å². The molecule has 1 aliphatic rings. The average Bonchev–Trinajstić information content (AvgIpc) is 2.65. The zero-order valence-electron chi connectivity index (χ0n) is 14.9. The van der Waals surface area contributed by atoms with Crippen molar-refractivity contribution in [3.63, 3.8) is 0 Å². The Balaban J connectivity index is 1.79. The number of carbonyl (C=O) groups excluding carboxylic acids is 2. The van der Waals surface area contributed by atoms with Crippen molar-refractivity contribution < 1.29 is 14.5 Å². The fourth-order valence-corrected chi connectivity index (χ4v) is 2.63. The van der Waals surface area contributed by atoms with Gasteiger partial charge in [0.05, 0.1) is 11.5 Å². The number of piperazine rings is 1. The molecule has 0 aliphatic carbocycles. The van der Waals surface area contributed by atoms with E-state index in [0.29, 0.717) is 39.3 Å². The summed E-state index contributed by atoms with van der Waals surface area (Å²) in [7, 11) is 0. The highest BCUT2D eigenvalue weighted by Gasteiger charge is 2.20. The first kappa shape index (κ1) is 19.6. The average molecular weight is 360 g/mol. The third kappa shape index (κ3) is 5.96. The van der Waals surface area contributed by atoms with Crippen molar-refractivity contribution in [3.05, 3.63) is 46.0 Å². The number of amides is 2. The van der Waals surface area contributed by atoms with Gasteiger partial charge >= 0.3 is 0 Å². The fourth-order valence-electron chi connectivity index (χ4n) is 2.63. The summed E-state index contributed by atoms with van der Waals surface area (Å²) < 4.78 is 0. The summed E-state index contributed by atoms with van der Waals surface area (Å²) in [5, 5.41) is 13.5. The topological polar surface area (TPSA) is 95.8 Å². The lowest BCUT2D eigenvalue weighted by atomic mass is 10.2. The molecule has 2 amide bonds. The van der Waals surface area contributed by atoms with Crippen molar-refractivity contribution in [3.8, 4) is 0 Å². The molecule has 0 unspecified atom stereocenters. The van der Waals surface area contributed by atoms with E-state index in [0.717, 1.165) is 12.0 Å². The number of nitrogens with zero attached hydrogens (tertiary/aromatic N) is 3. The molecule has 1 fully saturated rings. The number of hydrogen-bond donors (Lipinski definition) is 1. The SMILES string of the molecule is CCCNC(=O)CN1CCN(C(=O)C=Cc2ccc([N+](=O)[O-])cc2)CC1. The van der Waals surface area contributed by atoms with Crippen molar-refractivity contribution in [2.24, 2.45) is 0 Å². The van der Waals surface area contributed by atoms with E-state index in [1.807, 2.05) is 11.8 Å². The molecule has 140 valence electrons. The van der Waals surface area contributed by atoms with Gasteiger partial charge in [-0.15, -0.1) is 0 Å². The smallest absolute Gasteiger partial charge is 0.269 e. The van der Waals surface area contributed by atoms with Crippen LogP contribution in [-0.2, 0) is 9.59 Å². The zero-order chi connectivity index (χ0) is 18.9. The molecule has 0 saturated carbocycles. The van der Waals surface area contributed by atoms with Crippen LogP contribution in [0.5, 0.6) is 0 Å². The maximum atomic E-state index is 12.2. The van der Waals surface area contributed by atoms with Crippen LogP contribution in [0.25, 0.3) is 6.08 Å². The number of non-ortho nitro benzene ring substituents is 1. The van der Waals surface area contributed by atoms with Crippen LogP contribution in [0.4, 0.5) is 5.69 Å². The lowest BCUT2D eigenvalue weighted by molar-refractivity contribution is -0.384. The van der Waals surface area contributed by atoms with Crippen LogP contribution in [0.1, 0.15) is 18.9 Å². The molecule has 1 aliphatic heterocycles. The standard InChI is InChI=1S/C18H24N4O4/c1-2-9-19-17(23)14-20-10-12-21(13-11-20)18(24)8-5-15-3-6-16(7-4-15)22(25)26/h3-8H,2,9-14H2,1H3,(H,19,23). The molecule has 1 aromatic rings. The zero-order valence-corrected chi connectivity index (χ0v) is 14.9. The van der Waals surface area contributed by atoms with Gasteiger partial charge in [0.2, 0.25) is 11.8 Å². The summed E-state index contributed by atoms with van der Waals surface area (Å²) in [5.74, 6) is -0.0804. The number of benzene rings is 1. The van der Waals surface area contributed by atoms with Gasteiger partial charge in [-0.25, -0.2) is 0 Å². The summed E-state index contributed by atoms with van der Waals surface area (Å²) in [4.78, 5) is 37.9. The molecule has 1 N–H and O–H groups in total. The van der Waals surface area contributed by atoms with E-state index in [1.165, 1.54) is 18.2 Å². The van der Waals surface area contributed by atoms with Gasteiger partial charge in [0.25, 0.3) is 5.69 Å². The number of hydrogen-bond acceptors (Lipinski definition) is 5. The Bertz CT molecular complexity index is 664. The fraction of sp³-hybridized carbons (Fsp3) is 0.444. The first-order valence-corrected chi connectivity index (χ1v) is 8.70. The van der Waals surface area contributed by atoms with E-state index in [-0.39, 0.29) is 17.5 Å². The number of carbonyl (C=O) groups is 2. The lowest BCUT2D eigenvalue weighted by Gasteiger charge is -2.33. The van der Waals surface area contributed by atoms with E-state index in [4.69, 9.17) is 0 Å². The molecular formula is C18H24N4O4. The number of rotatable bonds is 7. The molecule has 1 aromatic carbocycles. The number of nitro groups is 1. The highest BCUT2D eigenvalue weighted by molar-refractivity contribution is 5.91. The lowest BCUT2D eigenvalue weighted by Crippen LogP contribution is -2.50. The largest absolute Gasteiger partial charge is 0.355 e. The second-order valence-corrected chi connectivity index (χ2v) is 6.13. The van der Waals surface area contributed by atoms with Crippen LogP contribution >= 0.6 is 0 Å². The predicted molar refractivity (Wildman–Crippen MR) is 98.5 cm³/mol. The van der Waals surface area contributed by atoms with Gasteiger partial charge in [0.15, 0.2) is 0 Å². The van der Waals surface area contributed by atoms with Crippen molar-refractivity contribution >= 4 is 23.6 Å². The van der Waals surface area contributed by atoms with Crippen LogP contribution in [0.3, 0.4) is 0 Å². The van der Waals surface area contributed by atoms with Gasteiger partial charge in [-0.05, 0) is 30.2 Å². The Morgan fingerprint density at radius 1 is 1.19 bits per heavy atom. The molecule has 1 heterocycles. The summed E-state index contributed by atoms with van der Waals surface area (Å²) in [5.41, 5.74) is 0.753. The Kier molecular flexibility index (Phi) is 7.28. The molecule has 0 aromatic heterocycles. The molecular weight excluding hydrogens is 336 g/mol. The molecule has 1 saturated heterocycles. The normalized spacial score (nSPS) is 15.2. The second kappa shape index (κ2) is 9.67. The third-order valence-electron chi connectivity index (χ3n) is 4.15. The minimum Gasteiger partial charge on any atom is -0.355 e. The number of nitrogens with one attached hydrogen (secondary N) is 1. The molecule has 26 heavy (non-hydrogen) atoms. The second-order valence-electron chi connectivity index (χ2n) is 6.13. The molecule has 0 radical (unpaired) electrons. The van der Waals surface area contributed by atoms with Gasteiger partial charge in [0, 0.05) is 50.9 Å². The highest BCUT2D eigenvalue weighted by Crippen LogP contribution is 2.13. The summed E-state index contributed by atoms with van der Waals surface area (Å²) in [6, 6.07) is 6.03. The Labute approximate surface area is 152 Å². The highest BCUT2D eigenvalue weighted by atomic mass is 16.6. The Hall–Kier alpha value is -2.74. The third-order valence-corrected chi connectivity index (χ3v) is 4.15. The van der Waals surface area contributed by atoms with Crippen LogP contribution in [0.15, 0.2) is 30.3 Å².